The molecule has 1 amide bonds. The normalized spacial score (nSPS) is 14.6. The first kappa shape index (κ1) is 21.6. The lowest BCUT2D eigenvalue weighted by molar-refractivity contribution is 0.102. The van der Waals surface area contributed by atoms with Crippen molar-refractivity contribution in [1.29, 1.82) is 0 Å². The minimum absolute atomic E-state index is 0.225. The smallest absolute Gasteiger partial charge is 0.255 e. The van der Waals surface area contributed by atoms with Crippen molar-refractivity contribution in [1.82, 2.24) is 4.31 Å². The number of rotatable bonds is 7. The average Bonchev–Trinajstić information content (AvgIpc) is 3.24. The van der Waals surface area contributed by atoms with Crippen LogP contribution in [0.15, 0.2) is 45.8 Å². The minimum atomic E-state index is -3.48. The van der Waals surface area contributed by atoms with Crippen LogP contribution in [0.5, 0.6) is 11.5 Å². The van der Waals surface area contributed by atoms with Crippen molar-refractivity contribution < 1.29 is 22.7 Å². The first-order valence-electron chi connectivity index (χ1n) is 9.28. The topological polar surface area (TPSA) is 84.9 Å². The van der Waals surface area contributed by atoms with Crippen LogP contribution in [0.2, 0.25) is 0 Å². The van der Waals surface area contributed by atoms with Crippen LogP contribution in [0.4, 0.5) is 5.69 Å². The Balaban J connectivity index is 1.77. The quantitative estimate of drug-likeness (QED) is 0.646. The standard InChI is InChI=1S/C20H23BrN2O5S/c1-3-28-18-13-14(12-17(21)19(18)27-2)20(24)22-15-6-8-16(9-7-15)29(25,26)23-10-4-5-11-23/h6-9,12-13H,3-5,10-11H2,1-2H3,(H,22,24). The monoisotopic (exact) mass is 482 g/mol. The number of methoxy groups -OCH3 is 1. The molecule has 1 fully saturated rings. The number of anilines is 1. The molecule has 1 saturated heterocycles. The van der Waals surface area contributed by atoms with Gasteiger partial charge in [-0.2, -0.15) is 4.31 Å². The van der Waals surface area contributed by atoms with Crippen molar-refractivity contribution in [3.63, 3.8) is 0 Å². The molecule has 0 saturated carbocycles. The summed E-state index contributed by atoms with van der Waals surface area (Å²) in [5.41, 5.74) is 0.884. The second-order valence-electron chi connectivity index (χ2n) is 6.51. The van der Waals surface area contributed by atoms with Crippen molar-refractivity contribution in [2.24, 2.45) is 0 Å². The van der Waals surface area contributed by atoms with Gasteiger partial charge in [0.05, 0.1) is 23.1 Å². The fraction of sp³-hybridized carbons (Fsp3) is 0.350. The van der Waals surface area contributed by atoms with Crippen LogP contribution in [0, 0.1) is 0 Å². The summed E-state index contributed by atoms with van der Waals surface area (Å²) in [6.07, 6.45) is 1.77. The maximum Gasteiger partial charge on any atom is 0.255 e. The highest BCUT2D eigenvalue weighted by Gasteiger charge is 2.27. The zero-order chi connectivity index (χ0) is 21.0. The second kappa shape index (κ2) is 9.15. The van der Waals surface area contributed by atoms with E-state index >= 15 is 0 Å². The van der Waals surface area contributed by atoms with Crippen molar-refractivity contribution in [3.05, 3.63) is 46.4 Å². The van der Waals surface area contributed by atoms with Gasteiger partial charge in [-0.1, -0.05) is 0 Å². The van der Waals surface area contributed by atoms with Gasteiger partial charge in [0.1, 0.15) is 0 Å². The number of hydrogen-bond donors (Lipinski definition) is 1. The molecule has 2 aromatic rings. The van der Waals surface area contributed by atoms with Crippen LogP contribution in [0.25, 0.3) is 0 Å². The Bertz CT molecular complexity index is 987. The van der Waals surface area contributed by atoms with Crippen molar-refractivity contribution in [3.8, 4) is 11.5 Å². The van der Waals surface area contributed by atoms with E-state index in [1.54, 1.807) is 24.3 Å². The molecule has 0 spiro atoms. The summed E-state index contributed by atoms with van der Waals surface area (Å²) in [5, 5.41) is 2.78. The van der Waals surface area contributed by atoms with E-state index in [4.69, 9.17) is 9.47 Å². The van der Waals surface area contributed by atoms with E-state index in [2.05, 4.69) is 21.2 Å². The van der Waals surface area contributed by atoms with Crippen LogP contribution < -0.4 is 14.8 Å². The Morgan fingerprint density at radius 2 is 1.83 bits per heavy atom. The van der Waals surface area contributed by atoms with Crippen LogP contribution in [0.3, 0.4) is 0 Å². The third kappa shape index (κ3) is 4.73. The molecule has 0 aliphatic carbocycles. The highest BCUT2D eigenvalue weighted by Crippen LogP contribution is 2.36. The molecule has 2 aromatic carbocycles. The van der Waals surface area contributed by atoms with Crippen molar-refractivity contribution >= 4 is 37.5 Å². The largest absolute Gasteiger partial charge is 0.492 e. The third-order valence-electron chi connectivity index (χ3n) is 4.59. The van der Waals surface area contributed by atoms with Crippen LogP contribution in [-0.4, -0.2) is 45.4 Å². The maximum absolute atomic E-state index is 12.7. The number of nitrogens with zero attached hydrogens (tertiary/aromatic N) is 1. The number of hydrogen-bond acceptors (Lipinski definition) is 5. The molecule has 1 N–H and O–H groups in total. The zero-order valence-electron chi connectivity index (χ0n) is 16.3. The predicted octanol–water partition coefficient (Wildman–Crippen LogP) is 3.89. The lowest BCUT2D eigenvalue weighted by Gasteiger charge is -2.16. The SMILES string of the molecule is CCOc1cc(C(=O)Nc2ccc(S(=O)(=O)N3CCCC3)cc2)cc(Br)c1OC. The van der Waals surface area contributed by atoms with E-state index in [1.165, 1.54) is 23.5 Å². The van der Waals surface area contributed by atoms with Gasteiger partial charge in [-0.15, -0.1) is 0 Å². The van der Waals surface area contributed by atoms with Crippen LogP contribution >= 0.6 is 15.9 Å². The van der Waals surface area contributed by atoms with Gasteiger partial charge in [-0.05, 0) is 72.1 Å². The van der Waals surface area contributed by atoms with E-state index in [9.17, 15) is 13.2 Å². The van der Waals surface area contributed by atoms with Crippen molar-refractivity contribution in [2.75, 3.05) is 32.1 Å². The molecule has 0 radical (unpaired) electrons. The first-order chi connectivity index (χ1) is 13.9. The summed E-state index contributed by atoms with van der Waals surface area (Å²) in [4.78, 5) is 12.9. The van der Waals surface area contributed by atoms with Gasteiger partial charge in [-0.25, -0.2) is 8.42 Å². The molecule has 1 aliphatic heterocycles. The van der Waals surface area contributed by atoms with Gasteiger partial charge in [0, 0.05) is 24.3 Å². The molecular formula is C20H23BrN2O5S. The number of benzene rings is 2. The second-order valence-corrected chi connectivity index (χ2v) is 9.30. The van der Waals surface area contributed by atoms with E-state index in [1.807, 2.05) is 6.92 Å². The molecule has 0 bridgehead atoms. The highest BCUT2D eigenvalue weighted by molar-refractivity contribution is 9.10. The molecule has 1 heterocycles. The Hall–Kier alpha value is -2.10. The Kier molecular flexibility index (Phi) is 6.81. The molecule has 3 rings (SSSR count). The minimum Gasteiger partial charge on any atom is -0.492 e. The number of carbonyl (C=O) groups excluding carboxylic acids is 1. The number of halogens is 1. The van der Waals surface area contributed by atoms with Gasteiger partial charge >= 0.3 is 0 Å². The summed E-state index contributed by atoms with van der Waals surface area (Å²) >= 11 is 3.39. The zero-order valence-corrected chi connectivity index (χ0v) is 18.7. The van der Waals surface area contributed by atoms with Crippen LogP contribution in [-0.2, 0) is 10.0 Å². The molecule has 9 heteroatoms. The van der Waals surface area contributed by atoms with E-state index in [0.717, 1.165) is 12.8 Å². The summed E-state index contributed by atoms with van der Waals surface area (Å²) in [7, 11) is -1.95. The molecule has 0 atom stereocenters. The number of nitrogens with one attached hydrogen (secondary N) is 1. The Labute approximate surface area is 179 Å². The number of carbonyl (C=O) groups is 1. The first-order valence-corrected chi connectivity index (χ1v) is 11.5. The van der Waals surface area contributed by atoms with E-state index in [-0.39, 0.29) is 10.8 Å². The molecule has 1 aliphatic rings. The molecular weight excluding hydrogens is 460 g/mol. The lowest BCUT2D eigenvalue weighted by Crippen LogP contribution is -2.27. The molecule has 29 heavy (non-hydrogen) atoms. The van der Waals surface area contributed by atoms with Gasteiger partial charge in [0.15, 0.2) is 11.5 Å². The maximum atomic E-state index is 12.7. The van der Waals surface area contributed by atoms with Crippen molar-refractivity contribution in [2.45, 2.75) is 24.7 Å². The van der Waals surface area contributed by atoms with Gasteiger partial charge in [0.2, 0.25) is 10.0 Å². The average molecular weight is 483 g/mol. The summed E-state index contributed by atoms with van der Waals surface area (Å²) < 4.78 is 38.1. The summed E-state index contributed by atoms with van der Waals surface area (Å²) in [5.74, 6) is 0.630. The van der Waals surface area contributed by atoms with Gasteiger partial charge in [0.25, 0.3) is 5.91 Å². The predicted molar refractivity (Wildman–Crippen MR) is 114 cm³/mol. The van der Waals surface area contributed by atoms with Crippen LogP contribution in [0.1, 0.15) is 30.1 Å². The molecule has 0 aromatic heterocycles. The lowest BCUT2D eigenvalue weighted by atomic mass is 10.2. The fourth-order valence-corrected chi connectivity index (χ4v) is 5.27. The molecule has 0 unspecified atom stereocenters. The molecule has 156 valence electrons. The Morgan fingerprint density at radius 3 is 2.41 bits per heavy atom. The number of sulfonamides is 1. The third-order valence-corrected chi connectivity index (χ3v) is 7.09. The van der Waals surface area contributed by atoms with E-state index in [0.29, 0.717) is 46.9 Å². The number of amides is 1. The summed E-state index contributed by atoms with van der Waals surface area (Å²) in [6.45, 7) is 3.38. The highest BCUT2D eigenvalue weighted by atomic mass is 79.9. The summed E-state index contributed by atoms with van der Waals surface area (Å²) in [6, 6.07) is 9.45. The number of ether oxygens (including phenoxy) is 2. The molecule has 7 nitrogen and oxygen atoms in total. The van der Waals surface area contributed by atoms with Gasteiger partial charge < -0.3 is 14.8 Å². The Morgan fingerprint density at radius 1 is 1.17 bits per heavy atom. The van der Waals surface area contributed by atoms with Gasteiger partial charge in [-0.3, -0.25) is 4.79 Å². The van der Waals surface area contributed by atoms with E-state index < -0.39 is 10.0 Å². The fourth-order valence-electron chi connectivity index (χ4n) is 3.15.